The molecule has 0 aliphatic carbocycles. The third-order valence-electron chi connectivity index (χ3n) is 3.89. The molecule has 0 spiro atoms. The summed E-state index contributed by atoms with van der Waals surface area (Å²) < 4.78 is 5.48. The van der Waals surface area contributed by atoms with Gasteiger partial charge < -0.3 is 10.1 Å². The van der Waals surface area contributed by atoms with E-state index in [-0.39, 0.29) is 0 Å². The van der Waals surface area contributed by atoms with Gasteiger partial charge in [-0.2, -0.15) is 0 Å². The van der Waals surface area contributed by atoms with Crippen LogP contribution in [0.4, 0.5) is 0 Å². The van der Waals surface area contributed by atoms with Crippen molar-refractivity contribution in [3.05, 3.63) is 35.4 Å². The van der Waals surface area contributed by atoms with E-state index in [1.54, 1.807) is 0 Å². The summed E-state index contributed by atoms with van der Waals surface area (Å²) in [5, 5.41) is 3.60. The van der Waals surface area contributed by atoms with Gasteiger partial charge in [-0.1, -0.05) is 36.8 Å². The molecule has 0 radical (unpaired) electrons. The molecule has 1 aliphatic rings. The fraction of sp³-hybridized carbons (Fsp3) is 0.625. The van der Waals surface area contributed by atoms with Gasteiger partial charge in [-0.05, 0) is 32.5 Å². The molecule has 2 atom stereocenters. The number of benzene rings is 1. The Balaban J connectivity index is 2.02. The van der Waals surface area contributed by atoms with Gasteiger partial charge in [0.2, 0.25) is 0 Å². The molecule has 1 aromatic carbocycles. The van der Waals surface area contributed by atoms with E-state index in [2.05, 4.69) is 55.4 Å². The molecule has 19 heavy (non-hydrogen) atoms. The number of nitrogens with zero attached hydrogens (tertiary/aromatic N) is 1. The summed E-state index contributed by atoms with van der Waals surface area (Å²) in [6, 6.07) is 9.78. The molecule has 1 N–H and O–H groups in total. The highest BCUT2D eigenvalue weighted by Crippen LogP contribution is 2.18. The Bertz CT molecular complexity index is 388. The zero-order valence-corrected chi connectivity index (χ0v) is 12.4. The molecule has 3 heteroatoms. The second-order valence-corrected chi connectivity index (χ2v) is 5.48. The Labute approximate surface area is 116 Å². The maximum Gasteiger partial charge on any atom is 0.0622 e. The van der Waals surface area contributed by atoms with Gasteiger partial charge in [0.05, 0.1) is 6.61 Å². The first-order chi connectivity index (χ1) is 9.20. The molecule has 2 unspecified atom stereocenters. The lowest BCUT2D eigenvalue weighted by Gasteiger charge is -2.29. The van der Waals surface area contributed by atoms with Crippen LogP contribution in [0.2, 0.25) is 0 Å². The van der Waals surface area contributed by atoms with Gasteiger partial charge in [0, 0.05) is 25.2 Å². The number of likely N-dealkylation sites (N-methyl/N-ethyl adjacent to an activating group) is 2. The van der Waals surface area contributed by atoms with Gasteiger partial charge in [0.1, 0.15) is 0 Å². The zero-order chi connectivity index (χ0) is 13.7. The van der Waals surface area contributed by atoms with Crippen molar-refractivity contribution in [3.63, 3.8) is 0 Å². The highest BCUT2D eigenvalue weighted by Gasteiger charge is 2.23. The Hall–Kier alpha value is -0.900. The van der Waals surface area contributed by atoms with Crippen molar-refractivity contribution in [2.75, 3.05) is 33.4 Å². The van der Waals surface area contributed by atoms with Crippen molar-refractivity contribution in [1.29, 1.82) is 0 Å². The smallest absolute Gasteiger partial charge is 0.0622 e. The maximum absolute atomic E-state index is 5.48. The quantitative estimate of drug-likeness (QED) is 0.852. The lowest BCUT2D eigenvalue weighted by molar-refractivity contribution is 0.153. The summed E-state index contributed by atoms with van der Waals surface area (Å²) in [6.45, 7) is 8.13. The van der Waals surface area contributed by atoms with E-state index < -0.39 is 0 Å². The second-order valence-electron chi connectivity index (χ2n) is 5.48. The number of hydrogen-bond donors (Lipinski definition) is 1. The Kier molecular flexibility index (Phi) is 5.37. The lowest BCUT2D eigenvalue weighted by Crippen LogP contribution is -2.39. The molecule has 1 heterocycles. The highest BCUT2D eigenvalue weighted by molar-refractivity contribution is 5.25. The number of rotatable bonds is 6. The normalized spacial score (nSPS) is 20.9. The van der Waals surface area contributed by atoms with Crippen molar-refractivity contribution in [1.82, 2.24) is 10.2 Å². The number of ether oxygens (including phenoxy) is 1. The number of nitrogens with one attached hydrogen (secondary N) is 1. The van der Waals surface area contributed by atoms with Crippen LogP contribution in [-0.4, -0.2) is 44.3 Å². The van der Waals surface area contributed by atoms with Crippen LogP contribution < -0.4 is 5.32 Å². The molecule has 2 rings (SSSR count). The monoisotopic (exact) mass is 262 g/mol. The van der Waals surface area contributed by atoms with Crippen molar-refractivity contribution in [2.45, 2.75) is 32.4 Å². The van der Waals surface area contributed by atoms with E-state index in [4.69, 9.17) is 4.74 Å². The number of hydrogen-bond acceptors (Lipinski definition) is 3. The van der Waals surface area contributed by atoms with E-state index in [1.165, 1.54) is 11.1 Å². The molecule has 0 aromatic heterocycles. The van der Waals surface area contributed by atoms with Crippen LogP contribution in [0, 0.1) is 6.92 Å². The summed E-state index contributed by atoms with van der Waals surface area (Å²) >= 11 is 0. The van der Waals surface area contributed by atoms with Gasteiger partial charge in [0.25, 0.3) is 0 Å². The van der Waals surface area contributed by atoms with Gasteiger partial charge in [-0.3, -0.25) is 4.90 Å². The minimum absolute atomic E-state index is 0.399. The first-order valence-corrected chi connectivity index (χ1v) is 7.28. The molecule has 1 fully saturated rings. The summed E-state index contributed by atoms with van der Waals surface area (Å²) in [6.07, 6.45) is 1.16. The fourth-order valence-corrected chi connectivity index (χ4v) is 2.73. The molecule has 3 nitrogen and oxygen atoms in total. The van der Waals surface area contributed by atoms with E-state index in [0.29, 0.717) is 12.1 Å². The first-order valence-electron chi connectivity index (χ1n) is 7.28. The van der Waals surface area contributed by atoms with E-state index in [1.807, 2.05) is 0 Å². The van der Waals surface area contributed by atoms with E-state index >= 15 is 0 Å². The first kappa shape index (κ1) is 14.5. The van der Waals surface area contributed by atoms with Crippen LogP contribution in [-0.2, 0) is 4.74 Å². The Morgan fingerprint density at radius 2 is 2.32 bits per heavy atom. The van der Waals surface area contributed by atoms with Gasteiger partial charge in [-0.15, -0.1) is 0 Å². The van der Waals surface area contributed by atoms with Crippen molar-refractivity contribution >= 4 is 0 Å². The molecule has 1 saturated heterocycles. The van der Waals surface area contributed by atoms with Crippen LogP contribution in [0.3, 0.4) is 0 Å². The van der Waals surface area contributed by atoms with Crippen LogP contribution in [0.1, 0.15) is 30.5 Å². The van der Waals surface area contributed by atoms with Crippen LogP contribution >= 0.6 is 0 Å². The molecule has 1 aliphatic heterocycles. The van der Waals surface area contributed by atoms with Crippen LogP contribution in [0.25, 0.3) is 0 Å². The molecule has 0 saturated carbocycles. The largest absolute Gasteiger partial charge is 0.380 e. The summed E-state index contributed by atoms with van der Waals surface area (Å²) in [5.74, 6) is 0. The average Bonchev–Trinajstić information content (AvgIpc) is 2.92. The lowest BCUT2D eigenvalue weighted by atomic mass is 10.0. The van der Waals surface area contributed by atoms with Crippen LogP contribution in [0.15, 0.2) is 24.3 Å². The van der Waals surface area contributed by atoms with Gasteiger partial charge in [0.15, 0.2) is 0 Å². The van der Waals surface area contributed by atoms with Crippen molar-refractivity contribution in [3.8, 4) is 0 Å². The summed E-state index contributed by atoms with van der Waals surface area (Å²) in [7, 11) is 2.21. The molecular formula is C16H26N2O. The standard InChI is InChI=1S/C16H26N2O/c1-4-17-16(14-7-5-6-13(2)10-14)11-18(3)15-8-9-19-12-15/h5-7,10,15-17H,4,8-9,11-12H2,1-3H3. The predicted octanol–water partition coefficient (Wildman–Crippen LogP) is 2.37. The number of aryl methyl sites for hydroxylation is 1. The second kappa shape index (κ2) is 7.04. The summed E-state index contributed by atoms with van der Waals surface area (Å²) in [4.78, 5) is 2.43. The van der Waals surface area contributed by atoms with Crippen molar-refractivity contribution < 1.29 is 4.74 Å². The Morgan fingerprint density at radius 1 is 1.47 bits per heavy atom. The van der Waals surface area contributed by atoms with Crippen molar-refractivity contribution in [2.24, 2.45) is 0 Å². The molecular weight excluding hydrogens is 236 g/mol. The third kappa shape index (κ3) is 4.03. The van der Waals surface area contributed by atoms with Gasteiger partial charge >= 0.3 is 0 Å². The van der Waals surface area contributed by atoms with Gasteiger partial charge in [-0.25, -0.2) is 0 Å². The maximum atomic E-state index is 5.48. The van der Waals surface area contributed by atoms with E-state index in [9.17, 15) is 0 Å². The molecule has 106 valence electrons. The summed E-state index contributed by atoms with van der Waals surface area (Å²) in [5.41, 5.74) is 2.71. The SMILES string of the molecule is CCNC(CN(C)C1CCOC1)c1cccc(C)c1. The average molecular weight is 262 g/mol. The predicted molar refractivity (Wildman–Crippen MR) is 79.5 cm³/mol. The molecule has 0 amide bonds. The van der Waals surface area contributed by atoms with E-state index in [0.717, 1.165) is 32.7 Å². The minimum Gasteiger partial charge on any atom is -0.380 e. The Morgan fingerprint density at radius 3 is 2.95 bits per heavy atom. The molecule has 1 aromatic rings. The topological polar surface area (TPSA) is 24.5 Å². The zero-order valence-electron chi connectivity index (χ0n) is 12.4. The third-order valence-corrected chi connectivity index (χ3v) is 3.89. The highest BCUT2D eigenvalue weighted by atomic mass is 16.5. The molecule has 0 bridgehead atoms. The fourth-order valence-electron chi connectivity index (χ4n) is 2.73. The minimum atomic E-state index is 0.399. The van der Waals surface area contributed by atoms with Crippen LogP contribution in [0.5, 0.6) is 0 Å².